The predicted octanol–water partition coefficient (Wildman–Crippen LogP) is 5.57. The highest BCUT2D eigenvalue weighted by atomic mass is 16.5. The van der Waals surface area contributed by atoms with Gasteiger partial charge in [-0.05, 0) is 61.5 Å². The van der Waals surface area contributed by atoms with Crippen molar-refractivity contribution in [1.29, 1.82) is 0 Å². The zero-order valence-corrected chi connectivity index (χ0v) is 16.4. The van der Waals surface area contributed by atoms with Crippen molar-refractivity contribution in [2.75, 3.05) is 10.6 Å². The highest BCUT2D eigenvalue weighted by Gasteiger charge is 2.11. The molecule has 0 spiro atoms. The maximum Gasteiger partial charge on any atom is 0.274 e. The number of nitrogens with one attached hydrogen (secondary N) is 2. The van der Waals surface area contributed by atoms with Crippen LogP contribution >= 0.6 is 0 Å². The topological polar surface area (TPSA) is 76.1 Å². The Morgan fingerprint density at radius 3 is 2.10 bits per heavy atom. The van der Waals surface area contributed by atoms with E-state index in [1.807, 2.05) is 91.9 Å². The third-order valence-corrected chi connectivity index (χ3v) is 4.21. The number of hydrogen-bond acceptors (Lipinski definition) is 5. The summed E-state index contributed by atoms with van der Waals surface area (Å²) >= 11 is 0. The van der Waals surface area contributed by atoms with Crippen LogP contribution in [0.15, 0.2) is 91.0 Å². The number of anilines is 3. The highest BCUT2D eigenvalue weighted by molar-refractivity contribution is 6.03. The highest BCUT2D eigenvalue weighted by Crippen LogP contribution is 2.23. The average molecular weight is 396 g/mol. The molecular formula is C24H20N4O2. The molecule has 0 fully saturated rings. The van der Waals surface area contributed by atoms with Gasteiger partial charge < -0.3 is 15.4 Å². The van der Waals surface area contributed by atoms with Gasteiger partial charge in [-0.25, -0.2) is 9.97 Å². The number of carbonyl (C=O) groups excluding carboxylic acids is 1. The molecule has 0 radical (unpaired) electrons. The summed E-state index contributed by atoms with van der Waals surface area (Å²) in [6.07, 6.45) is 0. The van der Waals surface area contributed by atoms with E-state index in [2.05, 4.69) is 20.6 Å². The Morgan fingerprint density at radius 1 is 0.767 bits per heavy atom. The summed E-state index contributed by atoms with van der Waals surface area (Å²) in [6.45, 7) is 1.82. The molecule has 0 aliphatic carbocycles. The minimum atomic E-state index is -0.290. The summed E-state index contributed by atoms with van der Waals surface area (Å²) in [4.78, 5) is 21.3. The van der Waals surface area contributed by atoms with Crippen LogP contribution in [0.3, 0.4) is 0 Å². The number of carbonyl (C=O) groups is 1. The molecular weight excluding hydrogens is 376 g/mol. The fourth-order valence-electron chi connectivity index (χ4n) is 2.82. The maximum absolute atomic E-state index is 12.5. The van der Waals surface area contributed by atoms with Crippen molar-refractivity contribution in [2.24, 2.45) is 0 Å². The minimum Gasteiger partial charge on any atom is -0.457 e. The summed E-state index contributed by atoms with van der Waals surface area (Å²) < 4.78 is 5.80. The minimum absolute atomic E-state index is 0.290. The van der Waals surface area contributed by atoms with Crippen LogP contribution in [0.2, 0.25) is 0 Å². The first-order valence-electron chi connectivity index (χ1n) is 9.48. The number of para-hydroxylation sites is 2. The van der Waals surface area contributed by atoms with Crippen molar-refractivity contribution in [2.45, 2.75) is 6.92 Å². The van der Waals surface area contributed by atoms with E-state index in [1.54, 1.807) is 6.07 Å². The molecule has 0 aliphatic rings. The lowest BCUT2D eigenvalue weighted by Crippen LogP contribution is -2.15. The Labute approximate surface area is 174 Å². The summed E-state index contributed by atoms with van der Waals surface area (Å²) in [5.41, 5.74) is 2.48. The first kappa shape index (κ1) is 19.1. The van der Waals surface area contributed by atoms with Gasteiger partial charge in [-0.1, -0.05) is 36.4 Å². The van der Waals surface area contributed by atoms with Crippen molar-refractivity contribution in [1.82, 2.24) is 9.97 Å². The molecule has 6 heteroatoms. The third kappa shape index (κ3) is 4.99. The van der Waals surface area contributed by atoms with Crippen LogP contribution < -0.4 is 15.4 Å². The lowest BCUT2D eigenvalue weighted by Gasteiger charge is -2.10. The number of rotatable bonds is 6. The number of ether oxygens (including phenoxy) is 1. The van der Waals surface area contributed by atoms with E-state index in [9.17, 15) is 4.79 Å². The molecule has 0 saturated heterocycles. The average Bonchev–Trinajstić information content (AvgIpc) is 2.76. The monoisotopic (exact) mass is 396 g/mol. The number of aromatic nitrogens is 2. The van der Waals surface area contributed by atoms with Gasteiger partial charge in [-0.3, -0.25) is 4.79 Å². The molecule has 1 aromatic heterocycles. The van der Waals surface area contributed by atoms with E-state index in [4.69, 9.17) is 4.74 Å². The second-order valence-electron chi connectivity index (χ2n) is 6.60. The fourth-order valence-corrected chi connectivity index (χ4v) is 2.82. The first-order valence-corrected chi connectivity index (χ1v) is 9.48. The second-order valence-corrected chi connectivity index (χ2v) is 6.60. The van der Waals surface area contributed by atoms with Gasteiger partial charge in [0.15, 0.2) is 0 Å². The zero-order valence-electron chi connectivity index (χ0n) is 16.4. The van der Waals surface area contributed by atoms with E-state index >= 15 is 0 Å². The largest absolute Gasteiger partial charge is 0.457 e. The molecule has 0 aliphatic heterocycles. The zero-order chi connectivity index (χ0) is 20.8. The second kappa shape index (κ2) is 8.87. The van der Waals surface area contributed by atoms with Crippen LogP contribution in [-0.4, -0.2) is 15.9 Å². The van der Waals surface area contributed by atoms with Crippen LogP contribution in [0.4, 0.5) is 17.3 Å². The molecule has 6 nitrogen and oxygen atoms in total. The molecule has 2 N–H and O–H groups in total. The van der Waals surface area contributed by atoms with E-state index in [1.165, 1.54) is 0 Å². The summed E-state index contributed by atoms with van der Waals surface area (Å²) in [7, 11) is 0. The summed E-state index contributed by atoms with van der Waals surface area (Å²) in [6, 6.07) is 27.9. The van der Waals surface area contributed by atoms with Gasteiger partial charge in [-0.2, -0.15) is 0 Å². The van der Waals surface area contributed by atoms with Crippen LogP contribution in [0.5, 0.6) is 11.5 Å². The van der Waals surface area contributed by atoms with Crippen molar-refractivity contribution in [3.8, 4) is 11.5 Å². The number of nitrogens with zero attached hydrogens (tertiary/aromatic N) is 2. The van der Waals surface area contributed by atoms with Gasteiger partial charge in [0.1, 0.15) is 17.2 Å². The Balaban J connectivity index is 1.46. The normalized spacial score (nSPS) is 10.3. The number of benzene rings is 3. The van der Waals surface area contributed by atoms with E-state index in [0.717, 1.165) is 17.2 Å². The van der Waals surface area contributed by atoms with Crippen LogP contribution in [-0.2, 0) is 0 Å². The molecule has 0 unspecified atom stereocenters. The predicted molar refractivity (Wildman–Crippen MR) is 117 cm³/mol. The number of aryl methyl sites for hydroxylation is 1. The summed E-state index contributed by atoms with van der Waals surface area (Å²) in [5.74, 6) is 1.56. The first-order chi connectivity index (χ1) is 14.7. The van der Waals surface area contributed by atoms with Gasteiger partial charge in [0.25, 0.3) is 5.91 Å². The van der Waals surface area contributed by atoms with Gasteiger partial charge in [0, 0.05) is 17.1 Å². The molecule has 0 saturated carbocycles. The molecule has 148 valence electrons. The molecule has 1 heterocycles. The lowest BCUT2D eigenvalue weighted by atomic mass is 10.3. The summed E-state index contributed by atoms with van der Waals surface area (Å²) in [5, 5.41) is 5.97. The standard InChI is InChI=1S/C24H20N4O2/c1-17-16-22(23(29)26-18-8-4-2-5-9-18)28-24(25-17)27-19-12-14-21(15-13-19)30-20-10-6-3-7-11-20/h2-16H,1H3,(H,26,29)(H,25,27,28). The van der Waals surface area contributed by atoms with Crippen molar-refractivity contribution < 1.29 is 9.53 Å². The Bertz CT molecular complexity index is 1130. The van der Waals surface area contributed by atoms with Crippen LogP contribution in [0, 0.1) is 6.92 Å². The molecule has 0 bridgehead atoms. The smallest absolute Gasteiger partial charge is 0.274 e. The van der Waals surface area contributed by atoms with E-state index in [0.29, 0.717) is 17.3 Å². The Morgan fingerprint density at radius 2 is 1.40 bits per heavy atom. The Hall–Kier alpha value is -4.19. The fraction of sp³-hybridized carbons (Fsp3) is 0.0417. The molecule has 30 heavy (non-hydrogen) atoms. The molecule has 1 amide bonds. The van der Waals surface area contributed by atoms with Crippen LogP contribution in [0.1, 0.15) is 16.2 Å². The lowest BCUT2D eigenvalue weighted by molar-refractivity contribution is 0.102. The van der Waals surface area contributed by atoms with Crippen LogP contribution in [0.25, 0.3) is 0 Å². The number of hydrogen-bond donors (Lipinski definition) is 2. The van der Waals surface area contributed by atoms with Gasteiger partial charge in [0.05, 0.1) is 0 Å². The number of amides is 1. The van der Waals surface area contributed by atoms with Crippen molar-refractivity contribution in [3.05, 3.63) is 102 Å². The van der Waals surface area contributed by atoms with Crippen molar-refractivity contribution >= 4 is 23.2 Å². The van der Waals surface area contributed by atoms with Crippen molar-refractivity contribution in [3.63, 3.8) is 0 Å². The molecule has 0 atom stereocenters. The molecule has 4 rings (SSSR count). The molecule has 4 aromatic rings. The van der Waals surface area contributed by atoms with Gasteiger partial charge >= 0.3 is 0 Å². The van der Waals surface area contributed by atoms with Gasteiger partial charge in [-0.15, -0.1) is 0 Å². The van der Waals surface area contributed by atoms with E-state index < -0.39 is 0 Å². The molecule has 3 aromatic carbocycles. The maximum atomic E-state index is 12.5. The SMILES string of the molecule is Cc1cc(C(=O)Nc2ccccc2)nc(Nc2ccc(Oc3ccccc3)cc2)n1. The Kier molecular flexibility index (Phi) is 5.66. The van der Waals surface area contributed by atoms with E-state index in [-0.39, 0.29) is 11.6 Å². The quantitative estimate of drug-likeness (QED) is 0.445. The van der Waals surface area contributed by atoms with Gasteiger partial charge in [0.2, 0.25) is 5.95 Å². The third-order valence-electron chi connectivity index (χ3n) is 4.21.